The molecule has 11 heteroatoms. The summed E-state index contributed by atoms with van der Waals surface area (Å²) >= 11 is 2.82. The molecule has 0 aliphatic heterocycles. The number of nitro benzene ring substituents is 1. The Morgan fingerprint density at radius 2 is 1.92 bits per heavy atom. The third kappa shape index (κ3) is 6.66. The molecule has 2 unspecified atom stereocenters. The molecule has 0 saturated heterocycles. The number of esters is 1. The minimum Gasteiger partial charge on any atom is -0.465 e. The molecule has 2 atom stereocenters. The van der Waals surface area contributed by atoms with Gasteiger partial charge in [0.15, 0.2) is 0 Å². The second-order valence-corrected chi connectivity index (χ2v) is 11.7. The summed E-state index contributed by atoms with van der Waals surface area (Å²) in [5.74, 6) is -0.519. The lowest BCUT2D eigenvalue weighted by atomic mass is 9.88. The molecule has 0 spiro atoms. The van der Waals surface area contributed by atoms with Gasteiger partial charge in [0.1, 0.15) is 5.00 Å². The number of nitro groups is 1. The fourth-order valence-electron chi connectivity index (χ4n) is 4.42. The lowest BCUT2D eigenvalue weighted by Gasteiger charge is -2.18. The van der Waals surface area contributed by atoms with Crippen molar-refractivity contribution in [3.8, 4) is 0 Å². The van der Waals surface area contributed by atoms with Gasteiger partial charge in [0.25, 0.3) is 11.6 Å². The number of ether oxygens (including phenoxy) is 1. The van der Waals surface area contributed by atoms with E-state index in [-0.39, 0.29) is 11.6 Å². The second kappa shape index (κ2) is 12.4. The van der Waals surface area contributed by atoms with Crippen molar-refractivity contribution in [1.29, 1.82) is 0 Å². The Bertz CT molecular complexity index is 1400. The molecule has 2 amide bonds. The summed E-state index contributed by atoms with van der Waals surface area (Å²) in [5.41, 5.74) is 2.18. The van der Waals surface area contributed by atoms with E-state index >= 15 is 0 Å². The Morgan fingerprint density at radius 3 is 2.59 bits per heavy atom. The number of carbonyl (C=O) groups excluding carboxylic acids is 3. The SMILES string of the molecule is CCC(Sc1cccc(NC(=O)c2ccc([N+](=O)[O-])cc2)c1)C(=O)Nc1sc2c(c1C(=O)OC)CCC(C)C2. The standard InChI is InChI=1S/C28H29N3O6S2/c1-4-22(26(33)30-27-24(28(34)37-3)21-13-8-16(2)14-23(21)39-27)38-20-7-5-6-18(15-20)29-25(32)17-9-11-19(12-10-17)31(35)36/h5-7,9-12,15-16,22H,4,8,13-14H2,1-3H3,(H,29,32)(H,30,33). The molecule has 4 rings (SSSR count). The molecule has 1 aliphatic carbocycles. The zero-order valence-electron chi connectivity index (χ0n) is 21.8. The number of nitrogens with one attached hydrogen (secondary N) is 2. The first-order chi connectivity index (χ1) is 18.7. The predicted molar refractivity (Wildman–Crippen MR) is 153 cm³/mol. The number of hydrogen-bond donors (Lipinski definition) is 2. The minimum absolute atomic E-state index is 0.0928. The first-order valence-electron chi connectivity index (χ1n) is 12.6. The monoisotopic (exact) mass is 567 g/mol. The van der Waals surface area contributed by atoms with Crippen molar-refractivity contribution in [2.45, 2.75) is 49.7 Å². The number of benzene rings is 2. The average Bonchev–Trinajstić information content (AvgIpc) is 3.28. The molecule has 1 heterocycles. The number of hydrogen-bond acceptors (Lipinski definition) is 8. The van der Waals surface area contributed by atoms with Gasteiger partial charge in [-0.1, -0.05) is 19.9 Å². The zero-order chi connectivity index (χ0) is 28.1. The number of nitrogens with zero attached hydrogens (tertiary/aromatic N) is 1. The highest BCUT2D eigenvalue weighted by atomic mass is 32.2. The molecule has 9 nitrogen and oxygen atoms in total. The van der Waals surface area contributed by atoms with Crippen LogP contribution >= 0.6 is 23.1 Å². The molecule has 0 radical (unpaired) electrons. The number of fused-ring (bicyclic) bond motifs is 1. The normalized spacial score (nSPS) is 15.1. The summed E-state index contributed by atoms with van der Waals surface area (Å²) in [6.07, 6.45) is 3.21. The number of thiophene rings is 1. The van der Waals surface area contributed by atoms with E-state index in [1.165, 1.54) is 54.5 Å². The average molecular weight is 568 g/mol. The van der Waals surface area contributed by atoms with Gasteiger partial charge in [-0.15, -0.1) is 23.1 Å². The Balaban J connectivity index is 1.46. The van der Waals surface area contributed by atoms with Gasteiger partial charge in [-0.05, 0) is 67.5 Å². The summed E-state index contributed by atoms with van der Waals surface area (Å²) in [5, 5.41) is 16.7. The molecule has 0 saturated carbocycles. The van der Waals surface area contributed by atoms with Crippen LogP contribution in [0.2, 0.25) is 0 Å². The van der Waals surface area contributed by atoms with Crippen molar-refractivity contribution in [3.05, 3.63) is 80.2 Å². The molecule has 39 heavy (non-hydrogen) atoms. The van der Waals surface area contributed by atoms with Gasteiger partial charge in [-0.2, -0.15) is 0 Å². The summed E-state index contributed by atoms with van der Waals surface area (Å²) in [4.78, 5) is 50.8. The molecule has 1 aliphatic rings. The third-order valence-corrected chi connectivity index (χ3v) is 9.04. The van der Waals surface area contributed by atoms with Crippen LogP contribution in [0.1, 0.15) is 57.8 Å². The molecular formula is C28H29N3O6S2. The number of anilines is 2. The van der Waals surface area contributed by atoms with Crippen LogP contribution in [0.4, 0.5) is 16.4 Å². The largest absolute Gasteiger partial charge is 0.465 e. The second-order valence-electron chi connectivity index (χ2n) is 9.34. The lowest BCUT2D eigenvalue weighted by molar-refractivity contribution is -0.384. The molecule has 204 valence electrons. The van der Waals surface area contributed by atoms with E-state index in [4.69, 9.17) is 4.74 Å². The van der Waals surface area contributed by atoms with Gasteiger partial charge < -0.3 is 15.4 Å². The van der Waals surface area contributed by atoms with Gasteiger partial charge >= 0.3 is 5.97 Å². The first kappa shape index (κ1) is 28.3. The Morgan fingerprint density at radius 1 is 1.18 bits per heavy atom. The van der Waals surface area contributed by atoms with Gasteiger partial charge in [0.2, 0.25) is 5.91 Å². The molecule has 1 aromatic heterocycles. The van der Waals surface area contributed by atoms with Crippen LogP contribution in [0.5, 0.6) is 0 Å². The number of rotatable bonds is 9. The van der Waals surface area contributed by atoms with E-state index in [0.29, 0.717) is 34.2 Å². The quantitative estimate of drug-likeness (QED) is 0.134. The van der Waals surface area contributed by atoms with Gasteiger partial charge in [0, 0.05) is 33.2 Å². The first-order valence-corrected chi connectivity index (χ1v) is 14.3. The molecule has 0 bridgehead atoms. The molecule has 3 aromatic rings. The molecule has 2 aromatic carbocycles. The number of methoxy groups -OCH3 is 1. The topological polar surface area (TPSA) is 128 Å². The number of non-ortho nitro benzene ring substituents is 1. The lowest BCUT2D eigenvalue weighted by Crippen LogP contribution is -2.25. The van der Waals surface area contributed by atoms with E-state index in [9.17, 15) is 24.5 Å². The zero-order valence-corrected chi connectivity index (χ0v) is 23.4. The van der Waals surface area contributed by atoms with E-state index < -0.39 is 22.0 Å². The fourth-order valence-corrected chi connectivity index (χ4v) is 6.84. The maximum atomic E-state index is 13.3. The summed E-state index contributed by atoms with van der Waals surface area (Å²) in [6, 6.07) is 12.5. The summed E-state index contributed by atoms with van der Waals surface area (Å²) in [6.45, 7) is 4.10. The van der Waals surface area contributed by atoms with Crippen molar-refractivity contribution < 1.29 is 24.0 Å². The van der Waals surface area contributed by atoms with Crippen LogP contribution in [0, 0.1) is 16.0 Å². The molecule has 2 N–H and O–H groups in total. The van der Waals surface area contributed by atoms with Gasteiger partial charge in [0.05, 0.1) is 22.8 Å². The maximum absolute atomic E-state index is 13.3. The van der Waals surface area contributed by atoms with E-state index in [2.05, 4.69) is 17.6 Å². The van der Waals surface area contributed by atoms with Gasteiger partial charge in [-0.3, -0.25) is 19.7 Å². The number of thioether (sulfide) groups is 1. The highest BCUT2D eigenvalue weighted by molar-refractivity contribution is 8.00. The van der Waals surface area contributed by atoms with E-state index in [0.717, 1.165) is 34.6 Å². The smallest absolute Gasteiger partial charge is 0.341 e. The van der Waals surface area contributed by atoms with Crippen molar-refractivity contribution >= 4 is 57.3 Å². The van der Waals surface area contributed by atoms with Crippen LogP contribution in [0.3, 0.4) is 0 Å². The van der Waals surface area contributed by atoms with Crippen molar-refractivity contribution in [3.63, 3.8) is 0 Å². The molecular weight excluding hydrogens is 538 g/mol. The van der Waals surface area contributed by atoms with Gasteiger partial charge in [-0.25, -0.2) is 4.79 Å². The summed E-state index contributed by atoms with van der Waals surface area (Å²) in [7, 11) is 1.35. The van der Waals surface area contributed by atoms with Crippen LogP contribution < -0.4 is 10.6 Å². The number of amides is 2. The Kier molecular flexibility index (Phi) is 9.03. The Hall–Kier alpha value is -3.70. The predicted octanol–water partition coefficient (Wildman–Crippen LogP) is 6.33. The van der Waals surface area contributed by atoms with E-state index in [1.54, 1.807) is 18.2 Å². The minimum atomic E-state index is -0.522. The molecule has 0 fully saturated rings. The van der Waals surface area contributed by atoms with Crippen molar-refractivity contribution in [2.24, 2.45) is 5.92 Å². The maximum Gasteiger partial charge on any atom is 0.341 e. The Labute approximate surface area is 234 Å². The summed E-state index contributed by atoms with van der Waals surface area (Å²) < 4.78 is 5.03. The van der Waals surface area contributed by atoms with Crippen LogP contribution in [0.25, 0.3) is 0 Å². The van der Waals surface area contributed by atoms with Crippen LogP contribution in [-0.4, -0.2) is 35.1 Å². The van der Waals surface area contributed by atoms with Crippen LogP contribution in [-0.2, 0) is 22.4 Å². The van der Waals surface area contributed by atoms with Crippen molar-refractivity contribution in [1.82, 2.24) is 0 Å². The third-order valence-electron chi connectivity index (χ3n) is 6.51. The number of carbonyl (C=O) groups is 3. The van der Waals surface area contributed by atoms with Crippen molar-refractivity contribution in [2.75, 3.05) is 17.7 Å². The fraction of sp³-hybridized carbons (Fsp3) is 0.321. The highest BCUT2D eigenvalue weighted by Crippen LogP contribution is 2.40. The highest BCUT2D eigenvalue weighted by Gasteiger charge is 2.30. The van der Waals surface area contributed by atoms with Crippen LogP contribution in [0.15, 0.2) is 53.4 Å². The van der Waals surface area contributed by atoms with E-state index in [1.807, 2.05) is 13.0 Å².